The number of likely N-dealkylation sites (N-methyl/N-ethyl adjacent to an activating group) is 1. The van der Waals surface area contributed by atoms with Crippen LogP contribution in [0, 0.1) is 0 Å². The van der Waals surface area contributed by atoms with Gasteiger partial charge in [0.05, 0.1) is 11.3 Å². The van der Waals surface area contributed by atoms with Crippen molar-refractivity contribution in [2.45, 2.75) is 0 Å². The van der Waals surface area contributed by atoms with Crippen molar-refractivity contribution in [3.8, 4) is 0 Å². The Morgan fingerprint density at radius 3 is 2.75 bits per heavy atom. The smallest absolute Gasteiger partial charge is 0.279 e. The molecule has 0 N–H and O–H groups in total. The molecule has 2 aromatic rings. The summed E-state index contributed by atoms with van der Waals surface area (Å²) in [7, 11) is 1.66. The third kappa shape index (κ3) is 1.89. The average molecular weight is 265 g/mol. The second-order valence-electron chi connectivity index (χ2n) is 4.39. The molecule has 0 atom stereocenters. The molecule has 0 fully saturated rings. The van der Waals surface area contributed by atoms with Crippen LogP contribution < -0.4 is 4.90 Å². The fourth-order valence-corrected chi connectivity index (χ4v) is 2.11. The molecule has 0 radical (unpaired) electrons. The molecule has 1 aromatic heterocycles. The number of amides is 2. The second-order valence-corrected chi connectivity index (χ2v) is 4.39. The molecule has 0 bridgehead atoms. The number of carbonyl (C=O) groups is 2. The van der Waals surface area contributed by atoms with Crippen LogP contribution in [0.2, 0.25) is 0 Å². The predicted molar refractivity (Wildman–Crippen MR) is 75.0 cm³/mol. The van der Waals surface area contributed by atoms with E-state index in [2.05, 4.69) is 9.98 Å². The van der Waals surface area contributed by atoms with Gasteiger partial charge in [-0.15, -0.1) is 0 Å². The summed E-state index contributed by atoms with van der Waals surface area (Å²) in [5.41, 5.74) is 1.98. The summed E-state index contributed by atoms with van der Waals surface area (Å²) in [5, 5.41) is 0. The van der Waals surface area contributed by atoms with E-state index in [1.807, 2.05) is 18.2 Å². The van der Waals surface area contributed by atoms with Gasteiger partial charge in [-0.2, -0.15) is 0 Å². The lowest BCUT2D eigenvalue weighted by Crippen LogP contribution is -2.26. The molecular formula is C15H11N3O2. The van der Waals surface area contributed by atoms with Crippen LogP contribution in [0.3, 0.4) is 0 Å². The fraction of sp³-hybridized carbons (Fsp3) is 0.0667. The second kappa shape index (κ2) is 4.70. The molecule has 0 saturated heterocycles. The van der Waals surface area contributed by atoms with E-state index >= 15 is 0 Å². The Labute approximate surface area is 115 Å². The Balaban J connectivity index is 2.05. The van der Waals surface area contributed by atoms with Crippen molar-refractivity contribution in [3.63, 3.8) is 0 Å². The molecule has 98 valence electrons. The minimum Gasteiger partial charge on any atom is -0.309 e. The third-order valence-electron chi connectivity index (χ3n) is 3.15. The molecule has 5 nitrogen and oxygen atoms in total. The first-order valence-corrected chi connectivity index (χ1v) is 6.09. The topological polar surface area (TPSA) is 62.6 Å². The van der Waals surface area contributed by atoms with Gasteiger partial charge in [-0.3, -0.25) is 14.6 Å². The molecule has 1 aromatic carbocycles. The lowest BCUT2D eigenvalue weighted by atomic mass is 10.1. The van der Waals surface area contributed by atoms with E-state index in [4.69, 9.17) is 0 Å². The monoisotopic (exact) mass is 265 g/mol. The van der Waals surface area contributed by atoms with Gasteiger partial charge in [-0.1, -0.05) is 18.2 Å². The van der Waals surface area contributed by atoms with Crippen LogP contribution in [-0.2, 0) is 4.79 Å². The summed E-state index contributed by atoms with van der Waals surface area (Å²) in [6, 6.07) is 10.5. The van der Waals surface area contributed by atoms with Crippen LogP contribution in [0.4, 0.5) is 5.69 Å². The van der Waals surface area contributed by atoms with Gasteiger partial charge in [0.15, 0.2) is 0 Å². The molecule has 1 aliphatic heterocycles. The Kier molecular flexibility index (Phi) is 2.87. The molecular weight excluding hydrogens is 254 g/mol. The Morgan fingerprint density at radius 2 is 2.00 bits per heavy atom. The van der Waals surface area contributed by atoms with E-state index in [-0.39, 0.29) is 11.6 Å². The fourth-order valence-electron chi connectivity index (χ4n) is 2.11. The number of aromatic nitrogens is 1. The summed E-state index contributed by atoms with van der Waals surface area (Å²) < 4.78 is 0. The molecule has 0 aliphatic carbocycles. The number of hydrogen-bond acceptors (Lipinski definition) is 3. The van der Waals surface area contributed by atoms with E-state index in [0.717, 1.165) is 5.69 Å². The Morgan fingerprint density at radius 1 is 1.20 bits per heavy atom. The molecule has 20 heavy (non-hydrogen) atoms. The quantitative estimate of drug-likeness (QED) is 0.788. The van der Waals surface area contributed by atoms with Crippen LogP contribution in [0.1, 0.15) is 15.9 Å². The molecule has 2 heterocycles. The largest absolute Gasteiger partial charge is 0.309 e. The summed E-state index contributed by atoms with van der Waals surface area (Å²) in [6.07, 6.45) is 3.01. The van der Waals surface area contributed by atoms with Crippen molar-refractivity contribution < 1.29 is 9.59 Å². The molecule has 3 rings (SSSR count). The minimum absolute atomic E-state index is 0.178. The summed E-state index contributed by atoms with van der Waals surface area (Å²) in [4.78, 5) is 33.6. The first-order valence-electron chi connectivity index (χ1n) is 6.09. The highest BCUT2D eigenvalue weighted by atomic mass is 16.2. The minimum atomic E-state index is -0.466. The number of pyridine rings is 1. The van der Waals surface area contributed by atoms with E-state index in [9.17, 15) is 9.59 Å². The highest BCUT2D eigenvalue weighted by molar-refractivity contribution is 6.55. The van der Waals surface area contributed by atoms with Gasteiger partial charge in [0.2, 0.25) is 0 Å². The Bertz CT molecular complexity index is 723. The highest BCUT2D eigenvalue weighted by Gasteiger charge is 2.31. The predicted octanol–water partition coefficient (Wildman–Crippen LogP) is 1.69. The molecule has 2 amide bonds. The van der Waals surface area contributed by atoms with Gasteiger partial charge in [0.1, 0.15) is 5.71 Å². The zero-order valence-electron chi connectivity index (χ0n) is 10.8. The number of carbonyl (C=O) groups excluding carboxylic acids is 2. The molecule has 1 aliphatic rings. The molecule has 0 unspecified atom stereocenters. The number of para-hydroxylation sites is 1. The number of aliphatic imine (C=N–C) groups is 1. The molecule has 5 heteroatoms. The summed E-state index contributed by atoms with van der Waals surface area (Å²) in [6.45, 7) is 0. The lowest BCUT2D eigenvalue weighted by molar-refractivity contribution is -0.111. The van der Waals surface area contributed by atoms with Crippen molar-refractivity contribution >= 4 is 23.2 Å². The van der Waals surface area contributed by atoms with Crippen molar-refractivity contribution in [2.75, 3.05) is 11.9 Å². The van der Waals surface area contributed by atoms with E-state index in [1.165, 1.54) is 11.1 Å². The summed E-state index contributed by atoms with van der Waals surface area (Å²) >= 11 is 0. The van der Waals surface area contributed by atoms with Crippen molar-refractivity contribution in [1.29, 1.82) is 0 Å². The SMILES string of the molecule is CN1C(=O)/C(=N\C(=O)c2cccnc2)c2ccccc21. The normalized spacial score (nSPS) is 15.6. The van der Waals surface area contributed by atoms with Crippen molar-refractivity contribution in [2.24, 2.45) is 4.99 Å². The van der Waals surface area contributed by atoms with Crippen LogP contribution in [0.5, 0.6) is 0 Å². The highest BCUT2D eigenvalue weighted by Crippen LogP contribution is 2.27. The van der Waals surface area contributed by atoms with Gasteiger partial charge in [-0.05, 0) is 18.2 Å². The third-order valence-corrected chi connectivity index (χ3v) is 3.15. The van der Waals surface area contributed by atoms with Crippen LogP contribution >= 0.6 is 0 Å². The number of benzene rings is 1. The van der Waals surface area contributed by atoms with Crippen molar-refractivity contribution in [1.82, 2.24) is 4.98 Å². The zero-order chi connectivity index (χ0) is 14.1. The van der Waals surface area contributed by atoms with Crippen LogP contribution in [0.25, 0.3) is 0 Å². The number of hydrogen-bond donors (Lipinski definition) is 0. The van der Waals surface area contributed by atoms with Crippen LogP contribution in [0.15, 0.2) is 53.8 Å². The maximum Gasteiger partial charge on any atom is 0.279 e. The number of rotatable bonds is 1. The van der Waals surface area contributed by atoms with E-state index in [1.54, 1.807) is 31.4 Å². The Hall–Kier alpha value is -2.82. The van der Waals surface area contributed by atoms with E-state index < -0.39 is 5.91 Å². The lowest BCUT2D eigenvalue weighted by Gasteiger charge is -2.07. The van der Waals surface area contributed by atoms with Gasteiger partial charge in [-0.25, -0.2) is 4.99 Å². The number of anilines is 1. The van der Waals surface area contributed by atoms with Gasteiger partial charge >= 0.3 is 0 Å². The summed E-state index contributed by atoms with van der Waals surface area (Å²) in [5.74, 6) is -0.741. The molecule has 0 saturated carbocycles. The first kappa shape index (κ1) is 12.2. The van der Waals surface area contributed by atoms with Gasteiger partial charge in [0, 0.05) is 25.0 Å². The maximum absolute atomic E-state index is 12.2. The molecule has 0 spiro atoms. The first-order chi connectivity index (χ1) is 9.68. The number of nitrogens with zero attached hydrogens (tertiary/aromatic N) is 3. The van der Waals surface area contributed by atoms with Gasteiger partial charge < -0.3 is 4.90 Å². The standard InChI is InChI=1S/C15H11N3O2/c1-18-12-7-3-2-6-11(12)13(15(18)20)17-14(19)10-5-4-8-16-9-10/h2-9H,1H3/b17-13-. The van der Waals surface area contributed by atoms with Gasteiger partial charge in [0.25, 0.3) is 11.8 Å². The maximum atomic E-state index is 12.2. The number of fused-ring (bicyclic) bond motifs is 1. The van der Waals surface area contributed by atoms with Crippen molar-refractivity contribution in [3.05, 3.63) is 59.9 Å². The van der Waals surface area contributed by atoms with Crippen LogP contribution in [-0.4, -0.2) is 29.6 Å². The zero-order valence-corrected chi connectivity index (χ0v) is 10.8. The average Bonchev–Trinajstić information content (AvgIpc) is 2.74. The van der Waals surface area contributed by atoms with E-state index in [0.29, 0.717) is 11.1 Å².